The van der Waals surface area contributed by atoms with E-state index in [2.05, 4.69) is 11.1 Å². The van der Waals surface area contributed by atoms with Crippen molar-refractivity contribution in [2.75, 3.05) is 40.5 Å². The number of hydrogen-bond acceptors (Lipinski definition) is 4. The highest BCUT2D eigenvalue weighted by Gasteiger charge is 2.23. The van der Waals surface area contributed by atoms with Crippen molar-refractivity contribution in [1.29, 1.82) is 0 Å². The summed E-state index contributed by atoms with van der Waals surface area (Å²) in [5.74, 6) is 0.332. The van der Waals surface area contributed by atoms with E-state index in [0.717, 1.165) is 22.0 Å². The van der Waals surface area contributed by atoms with E-state index >= 15 is 0 Å². The van der Waals surface area contributed by atoms with Crippen molar-refractivity contribution in [1.82, 2.24) is 14.8 Å². The first-order valence-corrected chi connectivity index (χ1v) is 13.4. The molecule has 0 saturated heterocycles. The summed E-state index contributed by atoms with van der Waals surface area (Å²) in [4.78, 5) is 34.0. The molecule has 39 heavy (non-hydrogen) atoms. The van der Waals surface area contributed by atoms with Crippen molar-refractivity contribution >= 4 is 34.3 Å². The average Bonchev–Trinajstić information content (AvgIpc) is 3.37. The smallest absolute Gasteiger partial charge is 0.254 e. The summed E-state index contributed by atoms with van der Waals surface area (Å²) in [5.41, 5.74) is 3.55. The number of nitrogens with zero attached hydrogens (tertiary/aromatic N) is 2. The van der Waals surface area contributed by atoms with Gasteiger partial charge in [0.15, 0.2) is 0 Å². The number of rotatable bonds is 13. The molecule has 2 amide bonds. The number of carbonyl (C=O) groups excluding carboxylic acids is 2. The van der Waals surface area contributed by atoms with Crippen LogP contribution in [0.2, 0.25) is 5.02 Å². The molecule has 0 bridgehead atoms. The minimum absolute atomic E-state index is 0.0574. The second-order valence-corrected chi connectivity index (χ2v) is 9.76. The Bertz CT molecular complexity index is 1400. The maximum atomic E-state index is 13.8. The normalized spacial score (nSPS) is 10.9. The monoisotopic (exact) mass is 547 g/mol. The highest BCUT2D eigenvalue weighted by molar-refractivity contribution is 6.31. The zero-order valence-electron chi connectivity index (χ0n) is 22.4. The number of fused-ring (bicyclic) bond motifs is 1. The van der Waals surface area contributed by atoms with E-state index in [0.29, 0.717) is 55.4 Å². The average molecular weight is 548 g/mol. The van der Waals surface area contributed by atoms with Gasteiger partial charge in [0.05, 0.1) is 7.11 Å². The number of aromatic nitrogens is 1. The zero-order chi connectivity index (χ0) is 27.6. The van der Waals surface area contributed by atoms with Gasteiger partial charge in [-0.2, -0.15) is 0 Å². The fourth-order valence-electron chi connectivity index (χ4n) is 4.64. The molecule has 0 aliphatic heterocycles. The number of methoxy groups -OCH3 is 2. The molecule has 1 N–H and O–H groups in total. The van der Waals surface area contributed by atoms with E-state index in [1.54, 1.807) is 48.3 Å². The Morgan fingerprint density at radius 1 is 0.897 bits per heavy atom. The summed E-state index contributed by atoms with van der Waals surface area (Å²) in [6.07, 6.45) is 3.27. The molecule has 204 valence electrons. The number of para-hydroxylation sites is 2. The SMILES string of the molecule is COCCCN(CC(=O)N(CCc1c[nH]c2ccccc12)Cc1ccccc1OC)C(=O)c1cccc(Cl)c1. The summed E-state index contributed by atoms with van der Waals surface area (Å²) < 4.78 is 10.8. The number of aromatic amines is 1. The van der Waals surface area contributed by atoms with Crippen molar-refractivity contribution in [2.45, 2.75) is 19.4 Å². The Labute approximate surface area is 234 Å². The van der Waals surface area contributed by atoms with Crippen molar-refractivity contribution in [2.24, 2.45) is 0 Å². The Morgan fingerprint density at radius 3 is 2.49 bits per heavy atom. The molecule has 8 heteroatoms. The van der Waals surface area contributed by atoms with E-state index in [4.69, 9.17) is 21.1 Å². The predicted molar refractivity (Wildman–Crippen MR) is 154 cm³/mol. The molecule has 0 radical (unpaired) electrons. The van der Waals surface area contributed by atoms with Gasteiger partial charge in [-0.25, -0.2) is 0 Å². The molecule has 3 aromatic carbocycles. The fourth-order valence-corrected chi connectivity index (χ4v) is 4.83. The van der Waals surface area contributed by atoms with Gasteiger partial charge in [0.25, 0.3) is 5.91 Å². The van der Waals surface area contributed by atoms with Crippen LogP contribution in [0.5, 0.6) is 5.75 Å². The number of ether oxygens (including phenoxy) is 2. The lowest BCUT2D eigenvalue weighted by Gasteiger charge is -2.28. The highest BCUT2D eigenvalue weighted by Crippen LogP contribution is 2.22. The highest BCUT2D eigenvalue weighted by atomic mass is 35.5. The molecule has 0 unspecified atom stereocenters. The number of H-pyrrole nitrogens is 1. The number of carbonyl (C=O) groups is 2. The van der Waals surface area contributed by atoms with Crippen LogP contribution in [-0.4, -0.2) is 67.1 Å². The van der Waals surface area contributed by atoms with Crippen LogP contribution >= 0.6 is 11.6 Å². The Kier molecular flexibility index (Phi) is 10.00. The molecular formula is C31H34ClN3O4. The number of nitrogens with one attached hydrogen (secondary N) is 1. The molecule has 0 fully saturated rings. The molecule has 4 rings (SSSR count). The van der Waals surface area contributed by atoms with E-state index in [-0.39, 0.29) is 18.4 Å². The van der Waals surface area contributed by atoms with Crippen LogP contribution in [0.15, 0.2) is 79.0 Å². The van der Waals surface area contributed by atoms with Gasteiger partial charge >= 0.3 is 0 Å². The van der Waals surface area contributed by atoms with Crippen LogP contribution in [0.4, 0.5) is 0 Å². The summed E-state index contributed by atoms with van der Waals surface area (Å²) in [5, 5.41) is 1.61. The van der Waals surface area contributed by atoms with Gasteiger partial charge in [-0.1, -0.05) is 54.1 Å². The molecule has 1 heterocycles. The molecule has 0 spiro atoms. The molecule has 4 aromatic rings. The Morgan fingerprint density at radius 2 is 1.69 bits per heavy atom. The molecule has 7 nitrogen and oxygen atoms in total. The lowest BCUT2D eigenvalue weighted by Crippen LogP contribution is -2.44. The second kappa shape index (κ2) is 13.8. The van der Waals surface area contributed by atoms with Crippen LogP contribution in [0.25, 0.3) is 10.9 Å². The first kappa shape index (κ1) is 28.2. The van der Waals surface area contributed by atoms with Gasteiger partial charge in [-0.15, -0.1) is 0 Å². The molecule has 0 atom stereocenters. The van der Waals surface area contributed by atoms with Crippen LogP contribution in [-0.2, 0) is 22.5 Å². The molecule has 1 aromatic heterocycles. The topological polar surface area (TPSA) is 74.9 Å². The van der Waals surface area contributed by atoms with E-state index in [9.17, 15) is 9.59 Å². The lowest BCUT2D eigenvalue weighted by molar-refractivity contribution is -0.132. The molecule has 0 aliphatic carbocycles. The van der Waals surface area contributed by atoms with Crippen molar-refractivity contribution in [3.05, 3.63) is 101 Å². The summed E-state index contributed by atoms with van der Waals surface area (Å²) in [7, 11) is 3.24. The fraction of sp³-hybridized carbons (Fsp3) is 0.290. The van der Waals surface area contributed by atoms with Gasteiger partial charge in [0.2, 0.25) is 5.91 Å². The second-order valence-electron chi connectivity index (χ2n) is 9.32. The van der Waals surface area contributed by atoms with E-state index in [1.807, 2.05) is 48.7 Å². The zero-order valence-corrected chi connectivity index (χ0v) is 23.1. The predicted octanol–water partition coefficient (Wildman–Crippen LogP) is 5.58. The Hall–Kier alpha value is -3.81. The van der Waals surface area contributed by atoms with Gasteiger partial charge in [0.1, 0.15) is 12.3 Å². The number of hydrogen-bond donors (Lipinski definition) is 1. The standard InChI is InChI=1S/C31H34ClN3O4/c1-38-18-8-16-35(31(37)23-10-7-11-26(32)19-23)22-30(36)34(21-25-9-3-6-14-29(25)39-2)17-15-24-20-33-28-13-5-4-12-27(24)28/h3-7,9-14,19-20,33H,8,15-18,21-22H2,1-2H3. The maximum absolute atomic E-state index is 13.8. The minimum Gasteiger partial charge on any atom is -0.496 e. The maximum Gasteiger partial charge on any atom is 0.254 e. The van der Waals surface area contributed by atoms with Crippen molar-refractivity contribution in [3.8, 4) is 5.75 Å². The van der Waals surface area contributed by atoms with Crippen LogP contribution < -0.4 is 4.74 Å². The van der Waals surface area contributed by atoms with Gasteiger partial charge in [0, 0.05) is 66.6 Å². The third kappa shape index (κ3) is 7.40. The van der Waals surface area contributed by atoms with Gasteiger partial charge in [-0.3, -0.25) is 9.59 Å². The molecular weight excluding hydrogens is 514 g/mol. The summed E-state index contributed by atoms with van der Waals surface area (Å²) in [6, 6.07) is 22.6. The van der Waals surface area contributed by atoms with E-state index < -0.39 is 0 Å². The third-order valence-electron chi connectivity index (χ3n) is 6.69. The Balaban J connectivity index is 1.57. The largest absolute Gasteiger partial charge is 0.496 e. The van der Waals surface area contributed by atoms with Crippen LogP contribution in [0.3, 0.4) is 0 Å². The number of amides is 2. The number of benzene rings is 3. The first-order chi connectivity index (χ1) is 19.0. The van der Waals surface area contributed by atoms with E-state index in [1.165, 1.54) is 0 Å². The first-order valence-electron chi connectivity index (χ1n) is 13.0. The summed E-state index contributed by atoms with van der Waals surface area (Å²) >= 11 is 6.15. The van der Waals surface area contributed by atoms with Crippen LogP contribution in [0, 0.1) is 0 Å². The van der Waals surface area contributed by atoms with Crippen molar-refractivity contribution < 1.29 is 19.1 Å². The molecule has 0 saturated carbocycles. The quantitative estimate of drug-likeness (QED) is 0.222. The lowest BCUT2D eigenvalue weighted by atomic mass is 10.1. The molecule has 0 aliphatic rings. The minimum atomic E-state index is -0.240. The third-order valence-corrected chi connectivity index (χ3v) is 6.93. The van der Waals surface area contributed by atoms with Gasteiger partial charge in [-0.05, 0) is 48.7 Å². The van der Waals surface area contributed by atoms with Crippen molar-refractivity contribution in [3.63, 3.8) is 0 Å². The number of halogens is 1. The summed E-state index contributed by atoms with van der Waals surface area (Å²) in [6.45, 7) is 1.66. The van der Waals surface area contributed by atoms with Crippen LogP contribution in [0.1, 0.15) is 27.9 Å². The van der Waals surface area contributed by atoms with Gasteiger partial charge < -0.3 is 24.3 Å².